The Bertz CT molecular complexity index is 549. The molecule has 0 bridgehead atoms. The zero-order valence-corrected chi connectivity index (χ0v) is 13.7. The number of carbonyl (C=O) groups is 1. The SMILES string of the molecule is CC1(C)COC(=O)N[C@H]1c1cc(Br)cc(C(F)(F)F)c1.Cl. The Balaban J connectivity index is 0.00000220. The lowest BCUT2D eigenvalue weighted by Crippen LogP contribution is -2.47. The first-order valence-electron chi connectivity index (χ1n) is 5.90. The normalized spacial score (nSPS) is 21.0. The Hall–Kier alpha value is -0.950. The van der Waals surface area contributed by atoms with Crippen molar-refractivity contribution in [3.05, 3.63) is 33.8 Å². The maximum atomic E-state index is 12.9. The molecule has 0 saturated carbocycles. The van der Waals surface area contributed by atoms with Gasteiger partial charge in [0.1, 0.15) is 6.61 Å². The van der Waals surface area contributed by atoms with Gasteiger partial charge < -0.3 is 10.1 Å². The summed E-state index contributed by atoms with van der Waals surface area (Å²) in [6.07, 6.45) is -5.06. The fourth-order valence-electron chi connectivity index (χ4n) is 2.17. The molecule has 1 amide bonds. The number of benzene rings is 1. The van der Waals surface area contributed by atoms with E-state index in [2.05, 4.69) is 21.2 Å². The molecule has 1 fully saturated rings. The fraction of sp³-hybridized carbons (Fsp3) is 0.462. The van der Waals surface area contributed by atoms with Crippen LogP contribution in [0.5, 0.6) is 0 Å². The first-order chi connectivity index (χ1) is 9.09. The molecule has 1 N–H and O–H groups in total. The third-order valence-electron chi connectivity index (χ3n) is 3.20. The fourth-order valence-corrected chi connectivity index (χ4v) is 2.68. The minimum atomic E-state index is -4.43. The van der Waals surface area contributed by atoms with Crippen molar-refractivity contribution >= 4 is 34.4 Å². The molecule has 0 radical (unpaired) electrons. The number of nitrogens with one attached hydrogen (secondary N) is 1. The molecular weight excluding hydrogens is 374 g/mol. The first-order valence-corrected chi connectivity index (χ1v) is 6.70. The topological polar surface area (TPSA) is 38.3 Å². The van der Waals surface area contributed by atoms with Crippen molar-refractivity contribution in [2.24, 2.45) is 5.41 Å². The second kappa shape index (κ2) is 6.04. The average molecular weight is 389 g/mol. The van der Waals surface area contributed by atoms with E-state index in [9.17, 15) is 18.0 Å². The standard InChI is InChI=1S/C13H13BrF3NO2.ClH/c1-12(2)6-20-11(19)18-10(12)7-3-8(13(15,16)17)5-9(14)4-7;/h3-5,10H,6H2,1-2H3,(H,18,19);1H/t10-;/m0./s1. The van der Waals surface area contributed by atoms with Crippen LogP contribution in [0.1, 0.15) is 31.0 Å². The Morgan fingerprint density at radius 2 is 1.95 bits per heavy atom. The Labute approximate surface area is 134 Å². The van der Waals surface area contributed by atoms with Gasteiger partial charge in [-0.2, -0.15) is 13.2 Å². The molecule has 1 aliphatic rings. The number of hydrogen-bond donors (Lipinski definition) is 1. The quantitative estimate of drug-likeness (QED) is 0.757. The first kappa shape index (κ1) is 18.1. The van der Waals surface area contributed by atoms with Crippen molar-refractivity contribution in [2.75, 3.05) is 6.61 Å². The summed E-state index contributed by atoms with van der Waals surface area (Å²) < 4.78 is 43.8. The van der Waals surface area contributed by atoms with Crippen molar-refractivity contribution in [3.8, 4) is 0 Å². The summed E-state index contributed by atoms with van der Waals surface area (Å²) in [5, 5.41) is 2.58. The molecule has 0 unspecified atom stereocenters. The molecule has 8 heteroatoms. The van der Waals surface area contributed by atoms with Crippen LogP contribution in [0.4, 0.5) is 18.0 Å². The molecule has 1 atom stereocenters. The third-order valence-corrected chi connectivity index (χ3v) is 3.66. The molecule has 1 heterocycles. The van der Waals surface area contributed by atoms with E-state index >= 15 is 0 Å². The highest BCUT2D eigenvalue weighted by Crippen LogP contribution is 2.40. The second-order valence-corrected chi connectivity index (χ2v) is 6.33. The molecule has 2 rings (SSSR count). The van der Waals surface area contributed by atoms with Crippen LogP contribution in [-0.2, 0) is 10.9 Å². The van der Waals surface area contributed by atoms with Gasteiger partial charge in [0.25, 0.3) is 0 Å². The van der Waals surface area contributed by atoms with E-state index in [0.717, 1.165) is 12.1 Å². The van der Waals surface area contributed by atoms with Crippen LogP contribution in [-0.4, -0.2) is 12.7 Å². The number of rotatable bonds is 1. The number of cyclic esters (lactones) is 1. The van der Waals surface area contributed by atoms with Crippen molar-refractivity contribution in [1.29, 1.82) is 0 Å². The van der Waals surface area contributed by atoms with E-state index < -0.39 is 29.3 Å². The molecule has 1 aromatic rings. The summed E-state index contributed by atoms with van der Waals surface area (Å²) >= 11 is 3.08. The van der Waals surface area contributed by atoms with Crippen LogP contribution in [0.15, 0.2) is 22.7 Å². The number of alkyl halides is 3. The molecule has 118 valence electrons. The van der Waals surface area contributed by atoms with Crippen molar-refractivity contribution in [1.82, 2.24) is 5.32 Å². The maximum absolute atomic E-state index is 12.9. The van der Waals surface area contributed by atoms with E-state index in [-0.39, 0.29) is 19.0 Å². The van der Waals surface area contributed by atoms with Crippen LogP contribution in [0, 0.1) is 5.41 Å². The highest BCUT2D eigenvalue weighted by Gasteiger charge is 2.39. The van der Waals surface area contributed by atoms with Gasteiger partial charge in [-0.05, 0) is 23.8 Å². The highest BCUT2D eigenvalue weighted by molar-refractivity contribution is 9.10. The van der Waals surface area contributed by atoms with Gasteiger partial charge >= 0.3 is 12.3 Å². The third kappa shape index (κ3) is 4.03. The van der Waals surface area contributed by atoms with Crippen molar-refractivity contribution in [3.63, 3.8) is 0 Å². The van der Waals surface area contributed by atoms with Gasteiger partial charge in [0, 0.05) is 9.89 Å². The molecule has 1 aliphatic heterocycles. The summed E-state index contributed by atoms with van der Waals surface area (Å²) in [5.41, 5.74) is -0.857. The van der Waals surface area contributed by atoms with Gasteiger partial charge in [-0.1, -0.05) is 29.8 Å². The van der Waals surface area contributed by atoms with Crippen molar-refractivity contribution < 1.29 is 22.7 Å². The van der Waals surface area contributed by atoms with Crippen LogP contribution >= 0.6 is 28.3 Å². The highest BCUT2D eigenvalue weighted by atomic mass is 79.9. The van der Waals surface area contributed by atoms with Crippen LogP contribution in [0.25, 0.3) is 0 Å². The molecule has 21 heavy (non-hydrogen) atoms. The van der Waals surface area contributed by atoms with E-state index in [1.807, 2.05) is 13.8 Å². The summed E-state index contributed by atoms with van der Waals surface area (Å²) in [6, 6.07) is 3.11. The number of amides is 1. The van der Waals surface area contributed by atoms with Gasteiger partial charge in [-0.15, -0.1) is 12.4 Å². The van der Waals surface area contributed by atoms with Gasteiger partial charge in [0.05, 0.1) is 11.6 Å². The minimum absolute atomic E-state index is 0. The van der Waals surface area contributed by atoms with Crippen LogP contribution in [0.2, 0.25) is 0 Å². The van der Waals surface area contributed by atoms with Crippen molar-refractivity contribution in [2.45, 2.75) is 26.1 Å². The summed E-state index contributed by atoms with van der Waals surface area (Å²) in [5.74, 6) is 0. The molecule has 1 saturated heterocycles. The average Bonchev–Trinajstić information content (AvgIpc) is 2.30. The monoisotopic (exact) mass is 387 g/mol. The zero-order chi connectivity index (χ0) is 15.1. The minimum Gasteiger partial charge on any atom is -0.449 e. The van der Waals surface area contributed by atoms with Gasteiger partial charge in [-0.25, -0.2) is 4.79 Å². The lowest BCUT2D eigenvalue weighted by molar-refractivity contribution is -0.137. The summed E-state index contributed by atoms with van der Waals surface area (Å²) in [6.45, 7) is 3.80. The summed E-state index contributed by atoms with van der Waals surface area (Å²) in [7, 11) is 0. The van der Waals surface area contributed by atoms with Crippen LogP contribution < -0.4 is 5.32 Å². The molecular formula is C13H14BrClF3NO2. The molecule has 3 nitrogen and oxygen atoms in total. The second-order valence-electron chi connectivity index (χ2n) is 5.41. The number of ether oxygens (including phenoxy) is 1. The van der Waals surface area contributed by atoms with E-state index in [0.29, 0.717) is 10.0 Å². The number of halogens is 5. The smallest absolute Gasteiger partial charge is 0.416 e. The van der Waals surface area contributed by atoms with E-state index in [1.165, 1.54) is 0 Å². The molecule has 0 spiro atoms. The number of carbonyl (C=O) groups excluding carboxylic acids is 1. The predicted molar refractivity (Wildman–Crippen MR) is 77.4 cm³/mol. The molecule has 0 aliphatic carbocycles. The number of hydrogen-bond acceptors (Lipinski definition) is 2. The van der Waals surface area contributed by atoms with E-state index in [1.54, 1.807) is 6.07 Å². The maximum Gasteiger partial charge on any atom is 0.416 e. The van der Waals surface area contributed by atoms with Gasteiger partial charge in [0.2, 0.25) is 0 Å². The lowest BCUT2D eigenvalue weighted by atomic mass is 9.80. The summed E-state index contributed by atoms with van der Waals surface area (Å²) in [4.78, 5) is 11.3. The zero-order valence-electron chi connectivity index (χ0n) is 11.3. The largest absolute Gasteiger partial charge is 0.449 e. The van der Waals surface area contributed by atoms with E-state index in [4.69, 9.17) is 4.74 Å². The molecule has 0 aromatic heterocycles. The predicted octanol–water partition coefficient (Wildman–Crippen LogP) is 4.70. The Kier molecular flexibility index (Phi) is 5.21. The Morgan fingerprint density at radius 1 is 1.33 bits per heavy atom. The van der Waals surface area contributed by atoms with Gasteiger partial charge in [-0.3, -0.25) is 0 Å². The van der Waals surface area contributed by atoms with Gasteiger partial charge in [0.15, 0.2) is 0 Å². The lowest BCUT2D eigenvalue weighted by Gasteiger charge is -2.38. The Morgan fingerprint density at radius 3 is 2.52 bits per heavy atom. The number of alkyl carbamates (subject to hydrolysis) is 1. The van der Waals surface area contributed by atoms with Crippen LogP contribution in [0.3, 0.4) is 0 Å². The molecule has 1 aromatic carbocycles.